The molecule has 0 radical (unpaired) electrons. The maximum Gasteiger partial charge on any atom is 0.0741 e. The SMILES string of the molecule is OC1CCCC1Nc1ccncc1Br. The molecular formula is C10H13BrN2O. The molecular weight excluding hydrogens is 244 g/mol. The van der Waals surface area contributed by atoms with Gasteiger partial charge in [-0.15, -0.1) is 0 Å². The van der Waals surface area contributed by atoms with Gasteiger partial charge in [-0.1, -0.05) is 0 Å². The summed E-state index contributed by atoms with van der Waals surface area (Å²) in [6.45, 7) is 0. The fourth-order valence-corrected chi connectivity index (χ4v) is 2.17. The van der Waals surface area contributed by atoms with Gasteiger partial charge in [0.15, 0.2) is 0 Å². The van der Waals surface area contributed by atoms with Gasteiger partial charge in [-0.25, -0.2) is 0 Å². The first kappa shape index (κ1) is 9.93. The highest BCUT2D eigenvalue weighted by molar-refractivity contribution is 9.10. The molecule has 1 aliphatic rings. The second-order valence-electron chi connectivity index (χ2n) is 3.60. The minimum Gasteiger partial charge on any atom is -0.391 e. The van der Waals surface area contributed by atoms with Crippen LogP contribution in [0.25, 0.3) is 0 Å². The number of pyridine rings is 1. The Morgan fingerprint density at radius 3 is 3.00 bits per heavy atom. The van der Waals surface area contributed by atoms with E-state index < -0.39 is 0 Å². The van der Waals surface area contributed by atoms with Gasteiger partial charge in [0.1, 0.15) is 0 Å². The number of aliphatic hydroxyl groups is 1. The van der Waals surface area contributed by atoms with Crippen LogP contribution in [0.4, 0.5) is 5.69 Å². The van der Waals surface area contributed by atoms with Gasteiger partial charge in [-0.3, -0.25) is 4.98 Å². The molecule has 0 aromatic carbocycles. The minimum atomic E-state index is -0.213. The molecule has 2 rings (SSSR count). The zero-order valence-electron chi connectivity index (χ0n) is 7.78. The number of hydrogen-bond acceptors (Lipinski definition) is 3. The number of nitrogens with one attached hydrogen (secondary N) is 1. The Hall–Kier alpha value is -0.610. The van der Waals surface area contributed by atoms with Crippen molar-refractivity contribution in [2.75, 3.05) is 5.32 Å². The Balaban J connectivity index is 2.07. The van der Waals surface area contributed by atoms with Gasteiger partial charge in [0.2, 0.25) is 0 Å². The molecule has 1 heterocycles. The number of aromatic nitrogens is 1. The van der Waals surface area contributed by atoms with E-state index in [0.717, 1.165) is 29.4 Å². The van der Waals surface area contributed by atoms with E-state index in [1.165, 1.54) is 0 Å². The molecule has 14 heavy (non-hydrogen) atoms. The number of anilines is 1. The molecule has 76 valence electrons. The minimum absolute atomic E-state index is 0.189. The standard InChI is InChI=1S/C10H13BrN2O/c11-7-6-12-5-4-8(7)13-9-2-1-3-10(9)14/h4-6,9-10,14H,1-3H2,(H,12,13). The second kappa shape index (κ2) is 4.28. The van der Waals surface area contributed by atoms with E-state index in [4.69, 9.17) is 0 Å². The Kier molecular flexibility index (Phi) is 3.03. The lowest BCUT2D eigenvalue weighted by atomic mass is 10.2. The molecule has 4 heteroatoms. The predicted molar refractivity (Wildman–Crippen MR) is 59.2 cm³/mol. The molecule has 2 atom stereocenters. The largest absolute Gasteiger partial charge is 0.391 e. The monoisotopic (exact) mass is 256 g/mol. The average Bonchev–Trinajstić information content (AvgIpc) is 2.56. The molecule has 1 fully saturated rings. The molecule has 0 saturated heterocycles. The lowest BCUT2D eigenvalue weighted by Crippen LogP contribution is -2.28. The average molecular weight is 257 g/mol. The van der Waals surface area contributed by atoms with Gasteiger partial charge < -0.3 is 10.4 Å². The number of nitrogens with zero attached hydrogens (tertiary/aromatic N) is 1. The van der Waals surface area contributed by atoms with Gasteiger partial charge >= 0.3 is 0 Å². The van der Waals surface area contributed by atoms with Crippen LogP contribution in [-0.4, -0.2) is 22.2 Å². The third kappa shape index (κ3) is 2.07. The highest BCUT2D eigenvalue weighted by Gasteiger charge is 2.25. The Bertz CT molecular complexity index is 319. The number of hydrogen-bond donors (Lipinski definition) is 2. The summed E-state index contributed by atoms with van der Waals surface area (Å²) >= 11 is 3.42. The zero-order valence-corrected chi connectivity index (χ0v) is 9.37. The van der Waals surface area contributed by atoms with Crippen molar-refractivity contribution in [3.05, 3.63) is 22.9 Å². The Labute approximate surface area is 91.7 Å². The molecule has 2 N–H and O–H groups in total. The highest BCUT2D eigenvalue weighted by Crippen LogP contribution is 2.26. The van der Waals surface area contributed by atoms with Crippen molar-refractivity contribution < 1.29 is 5.11 Å². The number of halogens is 1. The first-order valence-corrected chi connectivity index (χ1v) is 5.61. The molecule has 3 nitrogen and oxygen atoms in total. The molecule has 1 aromatic rings. The summed E-state index contributed by atoms with van der Waals surface area (Å²) < 4.78 is 0.944. The third-order valence-electron chi connectivity index (χ3n) is 2.59. The van der Waals surface area contributed by atoms with Crippen LogP contribution in [0.1, 0.15) is 19.3 Å². The fraction of sp³-hybridized carbons (Fsp3) is 0.500. The van der Waals surface area contributed by atoms with Gasteiger partial charge in [0, 0.05) is 12.4 Å². The van der Waals surface area contributed by atoms with Crippen LogP contribution in [0.15, 0.2) is 22.9 Å². The van der Waals surface area contributed by atoms with Crippen LogP contribution in [0.3, 0.4) is 0 Å². The topological polar surface area (TPSA) is 45.1 Å². The maximum absolute atomic E-state index is 9.65. The van der Waals surface area contributed by atoms with Gasteiger partial charge in [-0.05, 0) is 41.3 Å². The molecule has 0 aliphatic heterocycles. The predicted octanol–water partition coefficient (Wildman–Crippen LogP) is 2.17. The van der Waals surface area contributed by atoms with Crippen LogP contribution in [0.5, 0.6) is 0 Å². The van der Waals surface area contributed by atoms with Gasteiger partial charge in [0.05, 0.1) is 22.3 Å². The quantitative estimate of drug-likeness (QED) is 0.853. The van der Waals surface area contributed by atoms with Gasteiger partial charge in [-0.2, -0.15) is 0 Å². The molecule has 1 aromatic heterocycles. The third-order valence-corrected chi connectivity index (χ3v) is 3.22. The smallest absolute Gasteiger partial charge is 0.0741 e. The molecule has 2 unspecified atom stereocenters. The Morgan fingerprint density at radius 2 is 2.36 bits per heavy atom. The van der Waals surface area contributed by atoms with Crippen LogP contribution in [0.2, 0.25) is 0 Å². The maximum atomic E-state index is 9.65. The summed E-state index contributed by atoms with van der Waals surface area (Å²) in [4.78, 5) is 3.99. The van der Waals surface area contributed by atoms with E-state index in [0.29, 0.717) is 0 Å². The van der Waals surface area contributed by atoms with E-state index in [-0.39, 0.29) is 12.1 Å². The van der Waals surface area contributed by atoms with Crippen LogP contribution >= 0.6 is 15.9 Å². The van der Waals surface area contributed by atoms with Crippen molar-refractivity contribution in [3.63, 3.8) is 0 Å². The molecule has 0 amide bonds. The van der Waals surface area contributed by atoms with Crippen molar-refractivity contribution >= 4 is 21.6 Å². The van der Waals surface area contributed by atoms with Crippen LogP contribution in [0, 0.1) is 0 Å². The second-order valence-corrected chi connectivity index (χ2v) is 4.46. The fourth-order valence-electron chi connectivity index (χ4n) is 1.80. The molecule has 0 bridgehead atoms. The summed E-state index contributed by atoms with van der Waals surface area (Å²) in [5.41, 5.74) is 1.01. The van der Waals surface area contributed by atoms with Crippen LogP contribution < -0.4 is 5.32 Å². The summed E-state index contributed by atoms with van der Waals surface area (Å²) in [5, 5.41) is 13.0. The van der Waals surface area contributed by atoms with E-state index in [2.05, 4.69) is 26.2 Å². The number of aliphatic hydroxyl groups excluding tert-OH is 1. The molecule has 0 spiro atoms. The molecule has 1 aliphatic carbocycles. The van der Waals surface area contributed by atoms with E-state index >= 15 is 0 Å². The first-order valence-electron chi connectivity index (χ1n) is 4.81. The lowest BCUT2D eigenvalue weighted by Gasteiger charge is -2.18. The van der Waals surface area contributed by atoms with E-state index in [1.807, 2.05) is 6.07 Å². The normalized spacial score (nSPS) is 26.4. The lowest BCUT2D eigenvalue weighted by molar-refractivity contribution is 0.172. The van der Waals surface area contributed by atoms with Crippen molar-refractivity contribution in [2.24, 2.45) is 0 Å². The van der Waals surface area contributed by atoms with Crippen molar-refractivity contribution in [2.45, 2.75) is 31.4 Å². The van der Waals surface area contributed by atoms with Crippen molar-refractivity contribution in [1.82, 2.24) is 4.98 Å². The first-order chi connectivity index (χ1) is 6.77. The Morgan fingerprint density at radius 1 is 1.50 bits per heavy atom. The van der Waals surface area contributed by atoms with E-state index in [1.54, 1.807) is 12.4 Å². The van der Waals surface area contributed by atoms with Crippen molar-refractivity contribution in [1.29, 1.82) is 0 Å². The van der Waals surface area contributed by atoms with E-state index in [9.17, 15) is 5.11 Å². The molecule has 1 saturated carbocycles. The summed E-state index contributed by atoms with van der Waals surface area (Å²) in [7, 11) is 0. The summed E-state index contributed by atoms with van der Waals surface area (Å²) in [6, 6.07) is 2.10. The highest BCUT2D eigenvalue weighted by atomic mass is 79.9. The van der Waals surface area contributed by atoms with Gasteiger partial charge in [0.25, 0.3) is 0 Å². The van der Waals surface area contributed by atoms with Crippen molar-refractivity contribution in [3.8, 4) is 0 Å². The number of rotatable bonds is 2. The van der Waals surface area contributed by atoms with Crippen LogP contribution in [-0.2, 0) is 0 Å². The summed E-state index contributed by atoms with van der Waals surface area (Å²) in [5.74, 6) is 0. The zero-order chi connectivity index (χ0) is 9.97. The summed E-state index contributed by atoms with van der Waals surface area (Å²) in [6.07, 6.45) is 6.32.